The summed E-state index contributed by atoms with van der Waals surface area (Å²) >= 11 is 0. The zero-order valence-corrected chi connectivity index (χ0v) is 10.8. The summed E-state index contributed by atoms with van der Waals surface area (Å²) in [5.74, 6) is 0.540. The van der Waals surface area contributed by atoms with Gasteiger partial charge in [-0.3, -0.25) is 0 Å². The molecule has 0 bridgehead atoms. The van der Waals surface area contributed by atoms with Gasteiger partial charge in [-0.1, -0.05) is 0 Å². The van der Waals surface area contributed by atoms with Crippen LogP contribution in [-0.4, -0.2) is 37.8 Å². The van der Waals surface area contributed by atoms with Gasteiger partial charge in [0, 0.05) is 13.6 Å². The molecule has 1 aromatic rings. The molecule has 106 valence electrons. The quantitative estimate of drug-likeness (QED) is 0.899. The van der Waals surface area contributed by atoms with Crippen LogP contribution in [0.5, 0.6) is 0 Å². The van der Waals surface area contributed by atoms with Crippen LogP contribution in [0.25, 0.3) is 0 Å². The number of nitrogens with zero attached hydrogens (tertiary/aromatic N) is 2. The minimum atomic E-state index is -4.38. The molecule has 0 spiro atoms. The number of aromatic nitrogens is 1. The van der Waals surface area contributed by atoms with Crippen LogP contribution in [0.2, 0.25) is 0 Å². The molecule has 4 nitrogen and oxygen atoms in total. The Hall–Kier alpha value is -1.50. The van der Waals surface area contributed by atoms with Gasteiger partial charge in [0.05, 0.1) is 24.8 Å². The maximum Gasteiger partial charge on any atom is 0.416 e. The highest BCUT2D eigenvalue weighted by atomic mass is 19.4. The van der Waals surface area contributed by atoms with Crippen LogP contribution in [0.3, 0.4) is 0 Å². The average Bonchev–Trinajstić information content (AvgIpc) is 2.37. The maximum atomic E-state index is 12.8. The molecule has 1 fully saturated rings. The first kappa shape index (κ1) is 13.9. The summed E-state index contributed by atoms with van der Waals surface area (Å²) in [6.07, 6.45) is -4.38. The molecule has 0 aromatic carbocycles. The van der Waals surface area contributed by atoms with Crippen molar-refractivity contribution in [3.63, 3.8) is 0 Å². The number of hydrogen-bond donors (Lipinski definition) is 1. The number of anilines is 2. The molecule has 2 rings (SSSR count). The lowest BCUT2D eigenvalue weighted by atomic mass is 10.2. The van der Waals surface area contributed by atoms with Gasteiger partial charge in [0.25, 0.3) is 0 Å². The van der Waals surface area contributed by atoms with E-state index in [1.54, 1.807) is 7.05 Å². The molecule has 1 atom stereocenters. The van der Waals surface area contributed by atoms with E-state index in [9.17, 15) is 13.2 Å². The summed E-state index contributed by atoms with van der Waals surface area (Å²) in [7, 11) is 1.55. The molecular formula is C12H16F3N3O. The Morgan fingerprint density at radius 1 is 1.42 bits per heavy atom. The van der Waals surface area contributed by atoms with E-state index < -0.39 is 11.7 Å². The zero-order valence-electron chi connectivity index (χ0n) is 10.8. The Morgan fingerprint density at radius 2 is 2.16 bits per heavy atom. The summed E-state index contributed by atoms with van der Waals surface area (Å²) in [6, 6.07) is 2.10. The first-order chi connectivity index (χ1) is 8.91. The van der Waals surface area contributed by atoms with Crippen LogP contribution in [0.15, 0.2) is 12.1 Å². The van der Waals surface area contributed by atoms with Crippen molar-refractivity contribution >= 4 is 11.6 Å². The second-order valence-electron chi connectivity index (χ2n) is 4.46. The van der Waals surface area contributed by atoms with Crippen LogP contribution in [0, 0.1) is 0 Å². The topological polar surface area (TPSA) is 37.4 Å². The molecule has 1 aliphatic rings. The molecule has 2 heterocycles. The van der Waals surface area contributed by atoms with Crippen LogP contribution < -0.4 is 10.2 Å². The van der Waals surface area contributed by atoms with Crippen molar-refractivity contribution in [2.24, 2.45) is 0 Å². The van der Waals surface area contributed by atoms with Crippen molar-refractivity contribution in [3.8, 4) is 0 Å². The van der Waals surface area contributed by atoms with Gasteiger partial charge in [-0.05, 0) is 19.1 Å². The number of ether oxygens (including phenoxy) is 1. The summed E-state index contributed by atoms with van der Waals surface area (Å²) in [5, 5.41) is 2.66. The standard InChI is InChI=1S/C12H16F3N3O/c1-8-7-19-4-3-18(8)11-6-9(12(13,14)15)5-10(16-2)17-11/h5-6,8H,3-4,7H2,1-2H3,(H,16,17). The monoisotopic (exact) mass is 275 g/mol. The maximum absolute atomic E-state index is 12.8. The molecular weight excluding hydrogens is 259 g/mol. The fourth-order valence-electron chi connectivity index (χ4n) is 2.02. The predicted molar refractivity (Wildman–Crippen MR) is 66.4 cm³/mol. The van der Waals surface area contributed by atoms with E-state index >= 15 is 0 Å². The Bertz CT molecular complexity index is 450. The van der Waals surface area contributed by atoms with Crippen LogP contribution in [0.4, 0.5) is 24.8 Å². The molecule has 1 aromatic heterocycles. The van der Waals surface area contributed by atoms with Gasteiger partial charge in [-0.2, -0.15) is 13.2 Å². The average molecular weight is 275 g/mol. The lowest BCUT2D eigenvalue weighted by Gasteiger charge is -2.34. The van der Waals surface area contributed by atoms with Crippen molar-refractivity contribution < 1.29 is 17.9 Å². The van der Waals surface area contributed by atoms with Crippen molar-refractivity contribution in [2.45, 2.75) is 19.1 Å². The normalized spacial score (nSPS) is 20.5. The third kappa shape index (κ3) is 3.09. The van der Waals surface area contributed by atoms with Gasteiger partial charge < -0.3 is 15.0 Å². The summed E-state index contributed by atoms with van der Waals surface area (Å²) < 4.78 is 43.8. The zero-order chi connectivity index (χ0) is 14.0. The molecule has 0 amide bonds. The van der Waals surface area contributed by atoms with Crippen LogP contribution in [-0.2, 0) is 10.9 Å². The number of rotatable bonds is 2. The Morgan fingerprint density at radius 3 is 2.74 bits per heavy atom. The van der Waals surface area contributed by atoms with Crippen molar-refractivity contribution in [1.82, 2.24) is 4.98 Å². The van der Waals surface area contributed by atoms with E-state index in [4.69, 9.17) is 4.74 Å². The van der Waals surface area contributed by atoms with Crippen molar-refractivity contribution in [1.29, 1.82) is 0 Å². The molecule has 0 saturated carbocycles. The van der Waals surface area contributed by atoms with E-state index in [1.165, 1.54) is 0 Å². The van der Waals surface area contributed by atoms with Crippen molar-refractivity contribution in [3.05, 3.63) is 17.7 Å². The third-order valence-corrected chi connectivity index (χ3v) is 3.06. The fraction of sp³-hybridized carbons (Fsp3) is 0.583. The third-order valence-electron chi connectivity index (χ3n) is 3.06. The Balaban J connectivity index is 2.39. The van der Waals surface area contributed by atoms with Crippen LogP contribution >= 0.6 is 0 Å². The number of halogens is 3. The lowest BCUT2D eigenvalue weighted by molar-refractivity contribution is -0.137. The smallest absolute Gasteiger partial charge is 0.377 e. The van der Waals surface area contributed by atoms with Gasteiger partial charge in [-0.15, -0.1) is 0 Å². The number of morpholine rings is 1. The van der Waals surface area contributed by atoms with E-state index in [0.717, 1.165) is 12.1 Å². The molecule has 1 unspecified atom stereocenters. The minimum absolute atomic E-state index is 0.00874. The number of hydrogen-bond acceptors (Lipinski definition) is 4. The highest BCUT2D eigenvalue weighted by Crippen LogP contribution is 2.33. The highest BCUT2D eigenvalue weighted by molar-refractivity contribution is 5.51. The molecule has 19 heavy (non-hydrogen) atoms. The second-order valence-corrected chi connectivity index (χ2v) is 4.46. The Labute approximate surface area is 109 Å². The van der Waals surface area contributed by atoms with Gasteiger partial charge in [0.2, 0.25) is 0 Å². The second kappa shape index (κ2) is 5.24. The van der Waals surface area contributed by atoms with Gasteiger partial charge in [0.15, 0.2) is 0 Å². The van der Waals surface area contributed by atoms with Crippen molar-refractivity contribution in [2.75, 3.05) is 37.0 Å². The summed E-state index contributed by atoms with van der Waals surface area (Å²) in [6.45, 7) is 3.43. The lowest BCUT2D eigenvalue weighted by Crippen LogP contribution is -2.44. The molecule has 0 aliphatic carbocycles. The number of pyridine rings is 1. The van der Waals surface area contributed by atoms with Gasteiger partial charge in [-0.25, -0.2) is 4.98 Å². The van der Waals surface area contributed by atoms with E-state index in [2.05, 4.69) is 10.3 Å². The molecule has 1 N–H and O–H groups in total. The summed E-state index contributed by atoms with van der Waals surface area (Å²) in [4.78, 5) is 6.03. The number of nitrogens with one attached hydrogen (secondary N) is 1. The van der Waals surface area contributed by atoms with Gasteiger partial charge >= 0.3 is 6.18 Å². The van der Waals surface area contributed by atoms with E-state index in [-0.39, 0.29) is 11.9 Å². The molecule has 0 radical (unpaired) electrons. The first-order valence-electron chi connectivity index (χ1n) is 6.03. The van der Waals surface area contributed by atoms with Gasteiger partial charge in [0.1, 0.15) is 11.6 Å². The molecule has 1 aliphatic heterocycles. The molecule has 1 saturated heterocycles. The SMILES string of the molecule is CNc1cc(C(F)(F)F)cc(N2CCOCC2C)n1. The highest BCUT2D eigenvalue weighted by Gasteiger charge is 2.33. The number of alkyl halides is 3. The predicted octanol–water partition coefficient (Wildman–Crippen LogP) is 2.37. The van der Waals surface area contributed by atoms with E-state index in [1.807, 2.05) is 11.8 Å². The fourth-order valence-corrected chi connectivity index (χ4v) is 2.02. The minimum Gasteiger partial charge on any atom is -0.377 e. The van der Waals surface area contributed by atoms with E-state index in [0.29, 0.717) is 25.6 Å². The summed E-state index contributed by atoms with van der Waals surface area (Å²) in [5.41, 5.74) is -0.694. The Kier molecular flexibility index (Phi) is 3.84. The molecule has 7 heteroatoms. The largest absolute Gasteiger partial charge is 0.416 e. The first-order valence-corrected chi connectivity index (χ1v) is 6.03. The van der Waals surface area contributed by atoms with Crippen LogP contribution in [0.1, 0.15) is 12.5 Å².